The van der Waals surface area contributed by atoms with Crippen molar-refractivity contribution in [3.8, 4) is 22.5 Å². The van der Waals surface area contributed by atoms with Crippen molar-refractivity contribution in [2.45, 2.75) is 76.3 Å². The van der Waals surface area contributed by atoms with E-state index in [9.17, 15) is 27.9 Å². The Morgan fingerprint density at radius 1 is 1.07 bits per heavy atom. The van der Waals surface area contributed by atoms with Crippen LogP contribution in [0.2, 0.25) is 0 Å². The van der Waals surface area contributed by atoms with Crippen molar-refractivity contribution in [3.05, 3.63) is 92.6 Å². The van der Waals surface area contributed by atoms with Crippen molar-refractivity contribution < 1.29 is 27.5 Å². The summed E-state index contributed by atoms with van der Waals surface area (Å²) in [6.45, 7) is 1.22. The third-order valence-electron chi connectivity index (χ3n) is 8.46. The van der Waals surface area contributed by atoms with Gasteiger partial charge in [-0.3, -0.25) is 18.9 Å². The molecule has 1 saturated carbocycles. The smallest absolute Gasteiger partial charge is 0.382 e. The van der Waals surface area contributed by atoms with E-state index in [0.29, 0.717) is 61.3 Å². The van der Waals surface area contributed by atoms with Crippen LogP contribution in [0.3, 0.4) is 0 Å². The minimum Gasteiger partial charge on any atom is -0.382 e. The molecule has 3 heterocycles. The quantitative estimate of drug-likeness (QED) is 0.221. The van der Waals surface area contributed by atoms with E-state index in [0.717, 1.165) is 28.8 Å². The van der Waals surface area contributed by atoms with Gasteiger partial charge in [-0.05, 0) is 48.8 Å². The van der Waals surface area contributed by atoms with Crippen molar-refractivity contribution in [1.29, 1.82) is 0 Å². The van der Waals surface area contributed by atoms with E-state index < -0.39 is 30.7 Å². The average Bonchev–Trinajstić information content (AvgIpc) is 3.71. The van der Waals surface area contributed by atoms with Gasteiger partial charge in [0.25, 0.3) is 5.56 Å². The lowest BCUT2D eigenvalue weighted by molar-refractivity contribution is -0.222. The highest BCUT2D eigenvalue weighted by Gasteiger charge is 2.39. The van der Waals surface area contributed by atoms with Crippen LogP contribution in [-0.2, 0) is 17.6 Å². The first-order valence-corrected chi connectivity index (χ1v) is 15.2. The molecule has 0 bridgehead atoms. The lowest BCUT2D eigenvalue weighted by atomic mass is 9.92. The molecule has 1 aliphatic rings. The second-order valence-electron chi connectivity index (χ2n) is 11.5. The fourth-order valence-corrected chi connectivity index (χ4v) is 6.16. The van der Waals surface area contributed by atoms with E-state index in [2.05, 4.69) is 20.2 Å². The van der Waals surface area contributed by atoms with E-state index in [4.69, 9.17) is 9.26 Å². The highest BCUT2D eigenvalue weighted by Crippen LogP contribution is 2.33. The predicted octanol–water partition coefficient (Wildman–Crippen LogP) is 4.87. The van der Waals surface area contributed by atoms with Gasteiger partial charge < -0.3 is 9.84 Å². The van der Waals surface area contributed by atoms with Gasteiger partial charge in [0.1, 0.15) is 6.33 Å². The summed E-state index contributed by atoms with van der Waals surface area (Å²) in [5.74, 6) is 0.127. The van der Waals surface area contributed by atoms with Crippen LogP contribution >= 0.6 is 0 Å². The summed E-state index contributed by atoms with van der Waals surface area (Å²) >= 11 is 0. The molecule has 0 aliphatic heterocycles. The van der Waals surface area contributed by atoms with E-state index in [1.807, 2.05) is 55.5 Å². The van der Waals surface area contributed by atoms with Crippen molar-refractivity contribution in [1.82, 2.24) is 29.3 Å². The van der Waals surface area contributed by atoms with Crippen LogP contribution in [0.15, 0.2) is 69.0 Å². The molecule has 11 nitrogen and oxygen atoms in total. The lowest BCUT2D eigenvalue weighted by Gasteiger charge is -2.31. The SMILES string of the molecule is CCCc1c(Cc2ccc(-c3ccccc3-c3noc(=O)[nH]3)cc2)c(=O)n([C@H]2CC[C@H](OCC(O)C(F)(F)F)CC2)c2ncnn12. The molecule has 0 saturated heterocycles. The molecule has 6 rings (SSSR count). The maximum absolute atomic E-state index is 14.2. The first-order chi connectivity index (χ1) is 22.1. The summed E-state index contributed by atoms with van der Waals surface area (Å²) < 4.78 is 51.6. The number of halogens is 3. The van der Waals surface area contributed by atoms with E-state index in [1.54, 1.807) is 9.08 Å². The third kappa shape index (κ3) is 6.40. The Hall–Kier alpha value is -4.56. The van der Waals surface area contributed by atoms with Gasteiger partial charge in [0.05, 0.1) is 18.4 Å². The van der Waals surface area contributed by atoms with Crippen LogP contribution in [0.4, 0.5) is 13.2 Å². The second-order valence-corrected chi connectivity index (χ2v) is 11.5. The zero-order valence-electron chi connectivity index (χ0n) is 25.0. The number of aliphatic hydroxyl groups excluding tert-OH is 1. The predicted molar refractivity (Wildman–Crippen MR) is 161 cm³/mol. The summed E-state index contributed by atoms with van der Waals surface area (Å²) in [4.78, 5) is 32.8. The molecule has 46 heavy (non-hydrogen) atoms. The summed E-state index contributed by atoms with van der Waals surface area (Å²) in [6.07, 6.45) is -2.61. The largest absolute Gasteiger partial charge is 0.439 e. The Morgan fingerprint density at radius 3 is 2.43 bits per heavy atom. The van der Waals surface area contributed by atoms with Crippen molar-refractivity contribution in [2.24, 2.45) is 0 Å². The number of fused-ring (bicyclic) bond motifs is 1. The van der Waals surface area contributed by atoms with Gasteiger partial charge in [-0.15, -0.1) is 0 Å². The van der Waals surface area contributed by atoms with E-state index >= 15 is 0 Å². The van der Waals surface area contributed by atoms with Gasteiger partial charge in [-0.1, -0.05) is 67.0 Å². The minimum atomic E-state index is -4.73. The fraction of sp³-hybridized carbons (Fsp3) is 0.406. The van der Waals surface area contributed by atoms with Crippen LogP contribution in [0.5, 0.6) is 0 Å². The van der Waals surface area contributed by atoms with Gasteiger partial charge in [0, 0.05) is 23.6 Å². The number of hydrogen-bond donors (Lipinski definition) is 2. The van der Waals surface area contributed by atoms with Gasteiger partial charge >= 0.3 is 11.9 Å². The highest BCUT2D eigenvalue weighted by atomic mass is 19.4. The zero-order valence-corrected chi connectivity index (χ0v) is 25.0. The van der Waals surface area contributed by atoms with E-state index in [1.165, 1.54) is 6.33 Å². The number of nitrogens with zero attached hydrogens (tertiary/aromatic N) is 5. The number of aromatic nitrogens is 6. The molecule has 1 unspecified atom stereocenters. The molecular formula is C32H33F3N6O5. The van der Waals surface area contributed by atoms with Crippen molar-refractivity contribution in [2.75, 3.05) is 6.61 Å². The first kappa shape index (κ1) is 31.4. The summed E-state index contributed by atoms with van der Waals surface area (Å²) in [6, 6.07) is 15.1. The number of hydrogen-bond acceptors (Lipinski definition) is 8. The molecule has 242 valence electrons. The van der Waals surface area contributed by atoms with Crippen molar-refractivity contribution >= 4 is 5.78 Å². The summed E-state index contributed by atoms with van der Waals surface area (Å²) in [5.41, 5.74) is 4.61. The molecular weight excluding hydrogens is 605 g/mol. The highest BCUT2D eigenvalue weighted by molar-refractivity contribution is 5.80. The summed E-state index contributed by atoms with van der Waals surface area (Å²) in [5, 5.41) is 17.6. The van der Waals surface area contributed by atoms with Gasteiger partial charge in [-0.2, -0.15) is 23.3 Å². The minimum absolute atomic E-state index is 0.162. The standard InChI is InChI=1S/C32H33F3N6O5/c1-2-5-26-25(16-19-8-10-20(11-9-19)23-6-3-4-7-24(23)28-38-31(44)46-39-28)29(43)40(30-36-18-37-41(26)30)21-12-14-22(15-13-21)45-17-27(42)32(33,34)35/h3-4,6-11,18,21-22,27,42H,2,5,12-17H2,1H3,(H,38,39,44)/t21-,22-,27?. The molecule has 14 heteroatoms. The molecule has 1 aliphatic carbocycles. The number of nitrogens with one attached hydrogen (secondary N) is 1. The molecule has 5 aromatic rings. The second kappa shape index (κ2) is 13.0. The van der Waals surface area contributed by atoms with Gasteiger partial charge in [0.2, 0.25) is 5.78 Å². The number of benzene rings is 2. The van der Waals surface area contributed by atoms with Gasteiger partial charge in [0.15, 0.2) is 11.9 Å². The van der Waals surface area contributed by atoms with Gasteiger partial charge in [-0.25, -0.2) is 9.31 Å². The maximum atomic E-state index is 14.2. The molecule has 1 atom stereocenters. The zero-order chi connectivity index (χ0) is 32.4. The Labute approximate surface area is 260 Å². The Balaban J connectivity index is 1.27. The normalized spacial score (nSPS) is 17.8. The number of H-pyrrole nitrogens is 1. The van der Waals surface area contributed by atoms with E-state index in [-0.39, 0.29) is 11.6 Å². The molecule has 0 radical (unpaired) electrons. The number of alkyl halides is 3. The Bertz CT molecular complexity index is 1920. The topological polar surface area (TPSA) is 141 Å². The number of aryl methyl sites for hydroxylation is 1. The van der Waals surface area contributed by atoms with Crippen LogP contribution in [0, 0.1) is 0 Å². The monoisotopic (exact) mass is 638 g/mol. The fourth-order valence-electron chi connectivity index (χ4n) is 6.16. The Kier molecular flexibility index (Phi) is 8.91. The van der Waals surface area contributed by atoms with Crippen molar-refractivity contribution in [3.63, 3.8) is 0 Å². The number of aliphatic hydroxyl groups is 1. The lowest BCUT2D eigenvalue weighted by Crippen LogP contribution is -2.37. The molecule has 0 spiro atoms. The summed E-state index contributed by atoms with van der Waals surface area (Å²) in [7, 11) is 0. The third-order valence-corrected chi connectivity index (χ3v) is 8.46. The number of rotatable bonds is 10. The number of aromatic amines is 1. The first-order valence-electron chi connectivity index (χ1n) is 15.2. The molecule has 2 N–H and O–H groups in total. The van der Waals surface area contributed by atoms with Crippen LogP contribution in [-0.4, -0.2) is 59.4 Å². The Morgan fingerprint density at radius 2 is 1.78 bits per heavy atom. The maximum Gasteiger partial charge on any atom is 0.439 e. The molecule has 1 fully saturated rings. The molecule has 3 aromatic heterocycles. The van der Waals surface area contributed by atoms with Crippen LogP contribution in [0.1, 0.15) is 61.9 Å². The molecule has 2 aromatic carbocycles. The molecule has 0 amide bonds. The van der Waals surface area contributed by atoms with Crippen LogP contribution < -0.4 is 11.3 Å². The number of ether oxygens (including phenoxy) is 1. The average molecular weight is 639 g/mol. The van der Waals surface area contributed by atoms with Crippen LogP contribution in [0.25, 0.3) is 28.3 Å².